The zero-order chi connectivity index (χ0) is 19.3. The summed E-state index contributed by atoms with van der Waals surface area (Å²) in [7, 11) is 1.35. The predicted molar refractivity (Wildman–Crippen MR) is 96.9 cm³/mol. The molecule has 1 heterocycles. The fourth-order valence-electron chi connectivity index (χ4n) is 2.83. The van der Waals surface area contributed by atoms with Crippen LogP contribution < -0.4 is 4.74 Å². The first-order valence-corrected chi connectivity index (χ1v) is 8.88. The first-order chi connectivity index (χ1) is 12.3. The number of ether oxygens (including phenoxy) is 2. The second-order valence-electron chi connectivity index (χ2n) is 6.34. The quantitative estimate of drug-likeness (QED) is 0.724. The van der Waals surface area contributed by atoms with Crippen LogP contribution in [0, 0.1) is 0 Å². The van der Waals surface area contributed by atoms with Crippen LogP contribution in [0.1, 0.15) is 48.5 Å². The molecule has 1 aromatic rings. The van der Waals surface area contributed by atoms with E-state index in [4.69, 9.17) is 21.1 Å². The Labute approximate surface area is 157 Å². The van der Waals surface area contributed by atoms with Crippen molar-refractivity contribution >= 4 is 23.4 Å². The van der Waals surface area contributed by atoms with E-state index in [2.05, 4.69) is 0 Å². The zero-order valence-electron chi connectivity index (χ0n) is 14.8. The van der Waals surface area contributed by atoms with Crippen molar-refractivity contribution in [2.24, 2.45) is 0 Å². The van der Waals surface area contributed by atoms with Crippen LogP contribution in [-0.4, -0.2) is 41.3 Å². The van der Waals surface area contributed by atoms with Gasteiger partial charge in [0.15, 0.2) is 5.78 Å². The number of carbonyl (C=O) groups excluding carboxylic acids is 2. The number of ketones is 1. The summed E-state index contributed by atoms with van der Waals surface area (Å²) < 4.78 is 10.6. The molecule has 1 aliphatic heterocycles. The number of phenols is 1. The van der Waals surface area contributed by atoms with E-state index in [-0.39, 0.29) is 39.9 Å². The highest BCUT2D eigenvalue weighted by atomic mass is 35.5. The average molecular weight is 383 g/mol. The molecule has 2 rings (SSSR count). The van der Waals surface area contributed by atoms with Crippen molar-refractivity contribution in [2.75, 3.05) is 7.11 Å². The van der Waals surface area contributed by atoms with Gasteiger partial charge < -0.3 is 19.7 Å². The first kappa shape index (κ1) is 20.3. The number of esters is 1. The van der Waals surface area contributed by atoms with Crippen LogP contribution in [0.5, 0.6) is 11.5 Å². The number of aliphatic hydroxyl groups is 1. The van der Waals surface area contributed by atoms with Crippen LogP contribution >= 0.6 is 11.6 Å². The van der Waals surface area contributed by atoms with Crippen molar-refractivity contribution < 1.29 is 29.3 Å². The topological polar surface area (TPSA) is 93.1 Å². The Morgan fingerprint density at radius 2 is 2.00 bits per heavy atom. The van der Waals surface area contributed by atoms with Crippen LogP contribution in [0.25, 0.3) is 0 Å². The molecular formula is C19H23ClO6. The van der Waals surface area contributed by atoms with Crippen LogP contribution in [0.4, 0.5) is 0 Å². The number of methoxy groups -OCH3 is 1. The molecule has 0 aliphatic carbocycles. The number of carbonyl (C=O) groups is 2. The van der Waals surface area contributed by atoms with Crippen molar-refractivity contribution in [3.8, 4) is 11.5 Å². The van der Waals surface area contributed by atoms with E-state index in [0.29, 0.717) is 25.7 Å². The molecule has 7 heteroatoms. The minimum absolute atomic E-state index is 0.0292. The molecule has 0 bridgehead atoms. The molecule has 142 valence electrons. The lowest BCUT2D eigenvalue weighted by molar-refractivity contribution is -0.114. The third-order valence-electron chi connectivity index (χ3n) is 4.27. The molecule has 0 aromatic heterocycles. The Morgan fingerprint density at radius 1 is 1.27 bits per heavy atom. The fourth-order valence-corrected chi connectivity index (χ4v) is 3.05. The van der Waals surface area contributed by atoms with Crippen LogP contribution in [0.15, 0.2) is 18.2 Å². The average Bonchev–Trinajstić information content (AvgIpc) is 2.59. The largest absolute Gasteiger partial charge is 0.506 e. The third kappa shape index (κ3) is 4.99. The molecule has 0 fully saturated rings. The summed E-state index contributed by atoms with van der Waals surface area (Å²) in [6.45, 7) is 1.73. The number of fused-ring (bicyclic) bond motifs is 1. The highest BCUT2D eigenvalue weighted by molar-refractivity contribution is 6.33. The SMILES string of the molecule is COc1cc(O)c(Cl)c2c1C(=O)O[C@@H](C)CC[C@@H](O)CCC=CC(=O)C2. The van der Waals surface area contributed by atoms with Crippen LogP contribution in [-0.2, 0) is 16.0 Å². The number of cyclic esters (lactones) is 1. The number of halogens is 1. The number of phenolic OH excluding ortho intramolecular Hbond substituents is 1. The van der Waals surface area contributed by atoms with E-state index in [9.17, 15) is 19.8 Å². The molecular weight excluding hydrogens is 360 g/mol. The maximum absolute atomic E-state index is 12.7. The van der Waals surface area contributed by atoms with Crippen LogP contribution in [0.3, 0.4) is 0 Å². The van der Waals surface area contributed by atoms with E-state index in [0.717, 1.165) is 0 Å². The van der Waals surface area contributed by atoms with Crippen molar-refractivity contribution in [1.29, 1.82) is 0 Å². The van der Waals surface area contributed by atoms with Crippen molar-refractivity contribution in [2.45, 2.75) is 51.2 Å². The maximum Gasteiger partial charge on any atom is 0.342 e. The molecule has 1 aromatic carbocycles. The molecule has 2 atom stereocenters. The van der Waals surface area contributed by atoms with Gasteiger partial charge in [0.05, 0.1) is 24.3 Å². The zero-order valence-corrected chi connectivity index (χ0v) is 15.6. The van der Waals surface area contributed by atoms with Crippen molar-refractivity contribution in [1.82, 2.24) is 0 Å². The molecule has 6 nitrogen and oxygen atoms in total. The van der Waals surface area contributed by atoms with Gasteiger partial charge in [0.2, 0.25) is 0 Å². The Bertz CT molecular complexity index is 712. The summed E-state index contributed by atoms with van der Waals surface area (Å²) in [5, 5.41) is 19.9. The van der Waals surface area contributed by atoms with E-state index in [1.54, 1.807) is 13.0 Å². The first-order valence-electron chi connectivity index (χ1n) is 8.50. The van der Waals surface area contributed by atoms with Gasteiger partial charge in [0.25, 0.3) is 0 Å². The monoisotopic (exact) mass is 382 g/mol. The number of hydrogen-bond donors (Lipinski definition) is 2. The van der Waals surface area contributed by atoms with Crippen molar-refractivity contribution in [3.05, 3.63) is 34.4 Å². The number of aliphatic hydroxyl groups excluding tert-OH is 1. The molecule has 1 aliphatic rings. The summed E-state index contributed by atoms with van der Waals surface area (Å²) in [5.74, 6) is -1.16. The lowest BCUT2D eigenvalue weighted by Gasteiger charge is -2.19. The minimum Gasteiger partial charge on any atom is -0.506 e. The van der Waals surface area contributed by atoms with E-state index in [1.165, 1.54) is 19.3 Å². The highest BCUT2D eigenvalue weighted by Crippen LogP contribution is 2.38. The number of rotatable bonds is 1. The Kier molecular flexibility index (Phi) is 7.06. The van der Waals surface area contributed by atoms with Gasteiger partial charge in [0.1, 0.15) is 17.1 Å². The smallest absolute Gasteiger partial charge is 0.342 e. The van der Waals surface area contributed by atoms with E-state index >= 15 is 0 Å². The predicted octanol–water partition coefficient (Wildman–Crippen LogP) is 3.20. The summed E-state index contributed by atoms with van der Waals surface area (Å²) in [4.78, 5) is 24.9. The normalized spacial score (nSPS) is 22.3. The Balaban J connectivity index is 2.49. The number of allylic oxidation sites excluding steroid dienone is 2. The van der Waals surface area contributed by atoms with Gasteiger partial charge in [-0.1, -0.05) is 17.7 Å². The number of aromatic hydroxyl groups is 1. The number of hydrogen-bond acceptors (Lipinski definition) is 6. The number of benzene rings is 1. The minimum atomic E-state index is -0.686. The molecule has 0 unspecified atom stereocenters. The van der Waals surface area contributed by atoms with E-state index < -0.39 is 18.2 Å². The van der Waals surface area contributed by atoms with Gasteiger partial charge >= 0.3 is 5.97 Å². The highest BCUT2D eigenvalue weighted by Gasteiger charge is 2.26. The maximum atomic E-state index is 12.7. The summed E-state index contributed by atoms with van der Waals surface area (Å²) in [6.07, 6.45) is 4.01. The molecule has 26 heavy (non-hydrogen) atoms. The molecule has 2 N–H and O–H groups in total. The fraction of sp³-hybridized carbons (Fsp3) is 0.474. The van der Waals surface area contributed by atoms with Gasteiger partial charge in [0, 0.05) is 18.1 Å². The van der Waals surface area contributed by atoms with Crippen LogP contribution in [0.2, 0.25) is 5.02 Å². The standard InChI is InChI=1S/C19H23ClO6/c1-11-7-8-12(21)5-3-4-6-13(22)9-14-17(19(24)26-11)16(25-2)10-15(23)18(14)20/h4,6,10-12,21,23H,3,5,7-9H2,1-2H3/t11-,12-/m0/s1. The molecule has 0 spiro atoms. The Hall–Kier alpha value is -2.05. The lowest BCUT2D eigenvalue weighted by Crippen LogP contribution is -2.20. The lowest BCUT2D eigenvalue weighted by atomic mass is 9.99. The second-order valence-corrected chi connectivity index (χ2v) is 6.71. The molecule has 0 saturated heterocycles. The molecule has 0 radical (unpaired) electrons. The van der Waals surface area contributed by atoms with Gasteiger partial charge in [-0.3, -0.25) is 4.79 Å². The second kappa shape index (κ2) is 9.05. The third-order valence-corrected chi connectivity index (χ3v) is 4.69. The van der Waals surface area contributed by atoms with Gasteiger partial charge in [-0.15, -0.1) is 0 Å². The molecule has 0 saturated carbocycles. The summed E-state index contributed by atoms with van der Waals surface area (Å²) in [6, 6.07) is 1.22. The molecule has 0 amide bonds. The summed E-state index contributed by atoms with van der Waals surface area (Å²) in [5.41, 5.74) is 0.203. The van der Waals surface area contributed by atoms with Crippen molar-refractivity contribution in [3.63, 3.8) is 0 Å². The van der Waals surface area contributed by atoms with Gasteiger partial charge in [-0.25, -0.2) is 4.79 Å². The van der Waals surface area contributed by atoms with Gasteiger partial charge in [-0.05, 0) is 38.7 Å². The van der Waals surface area contributed by atoms with Gasteiger partial charge in [-0.2, -0.15) is 0 Å². The van der Waals surface area contributed by atoms with E-state index in [1.807, 2.05) is 0 Å². The Morgan fingerprint density at radius 3 is 2.69 bits per heavy atom. The summed E-state index contributed by atoms with van der Waals surface area (Å²) >= 11 is 6.15.